The normalized spacial score (nSPS) is 25.4. The Morgan fingerprint density at radius 2 is 2.23 bits per heavy atom. The number of pyridine rings is 1. The van der Waals surface area contributed by atoms with E-state index in [2.05, 4.69) is 4.98 Å². The fourth-order valence-electron chi connectivity index (χ4n) is 3.98. The van der Waals surface area contributed by atoms with Crippen LogP contribution in [0.25, 0.3) is 0 Å². The third-order valence-electron chi connectivity index (χ3n) is 5.19. The van der Waals surface area contributed by atoms with Gasteiger partial charge < -0.3 is 14.4 Å². The first kappa shape index (κ1) is 17.0. The van der Waals surface area contributed by atoms with Gasteiger partial charge in [-0.15, -0.1) is 0 Å². The Morgan fingerprint density at radius 3 is 3.04 bits per heavy atom. The highest BCUT2D eigenvalue weighted by Crippen LogP contribution is 2.36. The lowest BCUT2D eigenvalue weighted by Gasteiger charge is -2.39. The molecule has 0 radical (unpaired) electrons. The number of aromatic nitrogens is 1. The molecule has 1 amide bonds. The molecular weight excluding hydrogens is 328 g/mol. The van der Waals surface area contributed by atoms with Gasteiger partial charge >= 0.3 is 0 Å². The van der Waals surface area contributed by atoms with E-state index in [9.17, 15) is 4.79 Å². The van der Waals surface area contributed by atoms with Crippen LogP contribution in [-0.2, 0) is 4.74 Å². The first-order valence-electron chi connectivity index (χ1n) is 9.21. The maximum absolute atomic E-state index is 12.9. The number of rotatable bonds is 3. The zero-order valence-corrected chi connectivity index (χ0v) is 15.1. The Balaban J connectivity index is 1.42. The van der Waals surface area contributed by atoms with Crippen LogP contribution in [0, 0.1) is 6.92 Å². The molecule has 4 rings (SSSR count). The van der Waals surface area contributed by atoms with E-state index >= 15 is 0 Å². The molecule has 2 atom stereocenters. The standard InChI is InChI=1S/C21H24N2O3/c1-16-6-4-7-17(12-16)20(24)23-11-5-9-21(15-23)13-18(14-25-21)26-19-8-2-3-10-22-19/h2-4,6-8,10,12,18H,5,9,11,13-15H2,1H3/t18-,21+/m1/s1. The number of amides is 1. The van der Waals surface area contributed by atoms with Crippen molar-refractivity contribution in [2.45, 2.75) is 37.9 Å². The largest absolute Gasteiger partial charge is 0.472 e. The van der Waals surface area contributed by atoms with Gasteiger partial charge in [0.2, 0.25) is 5.88 Å². The number of nitrogens with zero attached hydrogens (tertiary/aromatic N) is 2. The van der Waals surface area contributed by atoms with Crippen LogP contribution in [0.5, 0.6) is 5.88 Å². The molecule has 0 bridgehead atoms. The van der Waals surface area contributed by atoms with Gasteiger partial charge in [0.25, 0.3) is 5.91 Å². The summed E-state index contributed by atoms with van der Waals surface area (Å²) in [6, 6.07) is 13.4. The number of benzene rings is 1. The number of hydrogen-bond donors (Lipinski definition) is 0. The van der Waals surface area contributed by atoms with Crippen LogP contribution in [0.2, 0.25) is 0 Å². The third-order valence-corrected chi connectivity index (χ3v) is 5.19. The average molecular weight is 352 g/mol. The zero-order chi connectivity index (χ0) is 18.0. The highest BCUT2D eigenvalue weighted by molar-refractivity contribution is 5.94. The summed E-state index contributed by atoms with van der Waals surface area (Å²) in [7, 11) is 0. The van der Waals surface area contributed by atoms with Crippen LogP contribution in [-0.4, -0.2) is 47.2 Å². The fourth-order valence-corrected chi connectivity index (χ4v) is 3.98. The molecule has 1 aromatic carbocycles. The van der Waals surface area contributed by atoms with Crippen molar-refractivity contribution in [1.82, 2.24) is 9.88 Å². The maximum atomic E-state index is 12.9. The van der Waals surface area contributed by atoms with Crippen LogP contribution >= 0.6 is 0 Å². The first-order valence-corrected chi connectivity index (χ1v) is 9.21. The smallest absolute Gasteiger partial charge is 0.253 e. The predicted octanol–water partition coefficient (Wildman–Crippen LogP) is 3.23. The number of hydrogen-bond acceptors (Lipinski definition) is 4. The minimum absolute atomic E-state index is 0.0149. The van der Waals surface area contributed by atoms with Gasteiger partial charge in [-0.2, -0.15) is 0 Å². The maximum Gasteiger partial charge on any atom is 0.253 e. The Morgan fingerprint density at radius 1 is 1.31 bits per heavy atom. The van der Waals surface area contributed by atoms with Crippen molar-refractivity contribution < 1.29 is 14.3 Å². The summed E-state index contributed by atoms with van der Waals surface area (Å²) in [4.78, 5) is 19.1. The highest BCUT2D eigenvalue weighted by Gasteiger charge is 2.45. The Hall–Kier alpha value is -2.40. The summed E-state index contributed by atoms with van der Waals surface area (Å²) in [5, 5.41) is 0. The number of aryl methyl sites for hydroxylation is 1. The Kier molecular flexibility index (Phi) is 4.64. The molecule has 1 spiro atoms. The van der Waals surface area contributed by atoms with Crippen molar-refractivity contribution in [2.75, 3.05) is 19.7 Å². The molecule has 0 aliphatic carbocycles. The molecule has 136 valence electrons. The van der Waals surface area contributed by atoms with E-state index in [0.29, 0.717) is 19.0 Å². The lowest BCUT2D eigenvalue weighted by atomic mass is 9.89. The summed E-state index contributed by atoms with van der Waals surface area (Å²) < 4.78 is 12.1. The van der Waals surface area contributed by atoms with Gasteiger partial charge in [-0.3, -0.25) is 4.79 Å². The summed E-state index contributed by atoms with van der Waals surface area (Å²) >= 11 is 0. The van der Waals surface area contributed by atoms with E-state index in [1.165, 1.54) is 0 Å². The summed E-state index contributed by atoms with van der Waals surface area (Å²) in [6.07, 6.45) is 4.42. The van der Waals surface area contributed by atoms with E-state index in [1.54, 1.807) is 6.20 Å². The molecule has 2 aliphatic heterocycles. The predicted molar refractivity (Wildman–Crippen MR) is 98.3 cm³/mol. The van der Waals surface area contributed by atoms with Gasteiger partial charge in [-0.25, -0.2) is 4.98 Å². The molecule has 3 heterocycles. The average Bonchev–Trinajstić information content (AvgIpc) is 3.03. The lowest BCUT2D eigenvalue weighted by Crippen LogP contribution is -2.50. The van der Waals surface area contributed by atoms with Crippen LogP contribution < -0.4 is 4.74 Å². The number of carbonyl (C=O) groups is 1. The lowest BCUT2D eigenvalue weighted by molar-refractivity contribution is -0.0453. The minimum atomic E-state index is -0.294. The molecule has 5 nitrogen and oxygen atoms in total. The zero-order valence-electron chi connectivity index (χ0n) is 15.1. The molecule has 26 heavy (non-hydrogen) atoms. The second-order valence-electron chi connectivity index (χ2n) is 7.31. The number of piperidine rings is 1. The summed E-state index contributed by atoms with van der Waals surface area (Å²) in [5.41, 5.74) is 1.56. The monoisotopic (exact) mass is 352 g/mol. The molecule has 0 unspecified atom stereocenters. The van der Waals surface area contributed by atoms with Crippen molar-refractivity contribution >= 4 is 5.91 Å². The summed E-state index contributed by atoms with van der Waals surface area (Å²) in [6.45, 7) is 3.96. The molecule has 2 aliphatic rings. The van der Waals surface area contributed by atoms with Crippen LogP contribution in [0.4, 0.5) is 0 Å². The van der Waals surface area contributed by atoms with Gasteiger partial charge in [0, 0.05) is 30.8 Å². The van der Waals surface area contributed by atoms with E-state index in [4.69, 9.17) is 9.47 Å². The van der Waals surface area contributed by atoms with Crippen LogP contribution in [0.3, 0.4) is 0 Å². The topological polar surface area (TPSA) is 51.7 Å². The van der Waals surface area contributed by atoms with Crippen molar-refractivity contribution in [2.24, 2.45) is 0 Å². The summed E-state index contributed by atoms with van der Waals surface area (Å²) in [5.74, 6) is 0.715. The second-order valence-corrected chi connectivity index (χ2v) is 7.31. The van der Waals surface area contributed by atoms with E-state index in [1.807, 2.05) is 54.3 Å². The van der Waals surface area contributed by atoms with Crippen molar-refractivity contribution in [3.8, 4) is 5.88 Å². The van der Waals surface area contributed by atoms with Crippen molar-refractivity contribution in [1.29, 1.82) is 0 Å². The fraction of sp³-hybridized carbons (Fsp3) is 0.429. The van der Waals surface area contributed by atoms with Crippen LogP contribution in [0.1, 0.15) is 35.2 Å². The quantitative estimate of drug-likeness (QED) is 0.851. The van der Waals surface area contributed by atoms with Gasteiger partial charge in [0.05, 0.1) is 18.8 Å². The van der Waals surface area contributed by atoms with Gasteiger partial charge in [-0.05, 0) is 38.0 Å². The Labute approximate surface area is 153 Å². The number of ether oxygens (including phenoxy) is 2. The SMILES string of the molecule is Cc1cccc(C(=O)N2CCC[C@]3(C[C@@H](Oc4ccccn4)CO3)C2)c1. The molecule has 2 saturated heterocycles. The van der Waals surface area contributed by atoms with Gasteiger partial charge in [0.1, 0.15) is 6.10 Å². The Bertz CT molecular complexity index is 780. The third kappa shape index (κ3) is 3.58. The van der Waals surface area contributed by atoms with E-state index in [-0.39, 0.29) is 17.6 Å². The molecule has 0 saturated carbocycles. The molecule has 5 heteroatoms. The molecule has 2 aromatic rings. The molecule has 1 aromatic heterocycles. The van der Waals surface area contributed by atoms with E-state index < -0.39 is 0 Å². The molecule has 0 N–H and O–H groups in total. The minimum Gasteiger partial charge on any atom is -0.472 e. The van der Waals surface area contributed by atoms with Crippen molar-refractivity contribution in [3.63, 3.8) is 0 Å². The second kappa shape index (κ2) is 7.08. The molecule has 2 fully saturated rings. The first-order chi connectivity index (χ1) is 12.6. The highest BCUT2D eigenvalue weighted by atomic mass is 16.6. The van der Waals surface area contributed by atoms with Gasteiger partial charge in [-0.1, -0.05) is 23.8 Å². The van der Waals surface area contributed by atoms with Crippen LogP contribution in [0.15, 0.2) is 48.7 Å². The number of carbonyl (C=O) groups excluding carboxylic acids is 1. The number of likely N-dealkylation sites (tertiary alicyclic amines) is 1. The van der Waals surface area contributed by atoms with E-state index in [0.717, 1.165) is 36.9 Å². The van der Waals surface area contributed by atoms with Gasteiger partial charge in [0.15, 0.2) is 0 Å². The van der Waals surface area contributed by atoms with Crippen molar-refractivity contribution in [3.05, 3.63) is 59.8 Å². The molecular formula is C21H24N2O3.